The maximum absolute atomic E-state index is 12.7. The van der Waals surface area contributed by atoms with Gasteiger partial charge in [0.05, 0.1) is 17.4 Å². The van der Waals surface area contributed by atoms with E-state index in [4.69, 9.17) is 4.42 Å². The van der Waals surface area contributed by atoms with E-state index >= 15 is 0 Å². The lowest BCUT2D eigenvalue weighted by Gasteiger charge is -2.13. The van der Waals surface area contributed by atoms with Crippen LogP contribution in [0.4, 0.5) is 18.0 Å². The molecule has 0 saturated heterocycles. The lowest BCUT2D eigenvalue weighted by Crippen LogP contribution is -2.39. The summed E-state index contributed by atoms with van der Waals surface area (Å²) < 4.78 is 68.9. The van der Waals surface area contributed by atoms with Gasteiger partial charge in [0.2, 0.25) is 5.09 Å². The molecular weight excluding hydrogens is 401 g/mol. The molecule has 0 aliphatic heterocycles. The average Bonchev–Trinajstić information content (AvgIpc) is 3.03. The van der Waals surface area contributed by atoms with Crippen LogP contribution in [0.1, 0.15) is 36.1 Å². The Hall–Kier alpha value is -2.53. The normalized spacial score (nSPS) is 12.7. The number of rotatable bonds is 5. The minimum atomic E-state index is -4.48. The van der Waals surface area contributed by atoms with Crippen LogP contribution in [0.3, 0.4) is 0 Å². The first-order chi connectivity index (χ1) is 12.7. The van der Waals surface area contributed by atoms with Gasteiger partial charge in [-0.05, 0) is 44.0 Å². The number of nitrogens with one attached hydrogen (secondary N) is 2. The van der Waals surface area contributed by atoms with Gasteiger partial charge >= 0.3 is 12.2 Å². The fourth-order valence-corrected chi connectivity index (χ4v) is 3.11. The summed E-state index contributed by atoms with van der Waals surface area (Å²) in [5.74, 6) is 0. The van der Waals surface area contributed by atoms with E-state index in [0.29, 0.717) is 11.1 Å². The molecule has 28 heavy (non-hydrogen) atoms. The summed E-state index contributed by atoms with van der Waals surface area (Å²) in [5.41, 5.74) is -1.27. The Kier molecular flexibility index (Phi) is 5.81. The second-order valence-corrected chi connectivity index (χ2v) is 8.25. The van der Waals surface area contributed by atoms with Crippen molar-refractivity contribution in [1.29, 1.82) is 0 Å². The highest BCUT2D eigenvalue weighted by Gasteiger charge is 2.30. The maximum atomic E-state index is 12.7. The zero-order chi connectivity index (χ0) is 21.3. The number of hydrogen-bond acceptors (Lipinski definition) is 5. The minimum Gasteiger partial charge on any atom is -0.451 e. The molecule has 1 aromatic heterocycles. The zero-order valence-corrected chi connectivity index (χ0v) is 16.0. The summed E-state index contributed by atoms with van der Waals surface area (Å²) in [7, 11) is -4.33. The smallest absolute Gasteiger partial charge is 0.416 e. The number of amides is 2. The largest absolute Gasteiger partial charge is 0.451 e. The van der Waals surface area contributed by atoms with E-state index in [1.807, 2.05) is 0 Å². The quantitative estimate of drug-likeness (QED) is 0.689. The molecular formula is C17H19F3N2O5S. The van der Waals surface area contributed by atoms with Crippen molar-refractivity contribution in [3.8, 4) is 0 Å². The summed E-state index contributed by atoms with van der Waals surface area (Å²) in [6.07, 6.45) is -3.43. The van der Waals surface area contributed by atoms with Gasteiger partial charge in [-0.25, -0.2) is 9.52 Å². The van der Waals surface area contributed by atoms with Crippen molar-refractivity contribution < 1.29 is 35.9 Å². The van der Waals surface area contributed by atoms with E-state index < -0.39 is 38.5 Å². The molecule has 2 amide bonds. The van der Waals surface area contributed by atoms with Crippen LogP contribution in [0.25, 0.3) is 0 Å². The molecule has 0 unspecified atom stereocenters. The first kappa shape index (κ1) is 21.8. The molecule has 2 rings (SSSR count). The molecule has 0 atom stereocenters. The summed E-state index contributed by atoms with van der Waals surface area (Å²) in [4.78, 5) is 11.9. The molecule has 0 aliphatic carbocycles. The zero-order valence-electron chi connectivity index (χ0n) is 15.2. The third-order valence-corrected chi connectivity index (χ3v) is 5.08. The molecule has 2 aromatic rings. The number of furan rings is 1. The number of aliphatic hydroxyl groups is 1. The highest BCUT2D eigenvalue weighted by atomic mass is 32.2. The van der Waals surface area contributed by atoms with Crippen LogP contribution in [0.15, 0.2) is 40.0 Å². The first-order valence-corrected chi connectivity index (χ1v) is 9.47. The first-order valence-electron chi connectivity index (χ1n) is 7.99. The third-order valence-electron chi connectivity index (χ3n) is 3.88. The topological polar surface area (TPSA) is 109 Å². The summed E-state index contributed by atoms with van der Waals surface area (Å²) in [5, 5.41) is 11.5. The molecule has 0 fully saturated rings. The molecule has 0 bridgehead atoms. The van der Waals surface area contributed by atoms with Crippen LogP contribution in [0.5, 0.6) is 0 Å². The fourth-order valence-electron chi connectivity index (χ4n) is 2.23. The van der Waals surface area contributed by atoms with Crippen LogP contribution >= 0.6 is 0 Å². The second-order valence-electron chi connectivity index (χ2n) is 6.64. The van der Waals surface area contributed by atoms with Crippen molar-refractivity contribution in [2.45, 2.75) is 44.2 Å². The van der Waals surface area contributed by atoms with Gasteiger partial charge in [0.15, 0.2) is 0 Å². The molecule has 0 spiro atoms. The summed E-state index contributed by atoms with van der Waals surface area (Å²) in [6.45, 7) is 4.13. The second kappa shape index (κ2) is 7.47. The Balaban J connectivity index is 2.03. The van der Waals surface area contributed by atoms with Gasteiger partial charge in [-0.2, -0.15) is 21.6 Å². The van der Waals surface area contributed by atoms with E-state index in [2.05, 4.69) is 5.32 Å². The number of aryl methyl sites for hydroxylation is 1. The van der Waals surface area contributed by atoms with Gasteiger partial charge in [-0.3, -0.25) is 0 Å². The number of carbonyl (C=O) groups excluding carboxylic acids is 1. The average molecular weight is 420 g/mol. The van der Waals surface area contributed by atoms with Crippen molar-refractivity contribution in [2.75, 3.05) is 0 Å². The number of sulfonamides is 1. The Labute approximate surface area is 159 Å². The summed E-state index contributed by atoms with van der Waals surface area (Å²) in [6, 6.07) is 3.01. The standard InChI is InChI=1S/C17H19F3N2O5S/c1-10-6-12(17(18,19)20)5-4-11(10)8-21-15(23)22-28(25,26)14-7-13(9-27-14)16(2,3)24/h4-7,9,24H,8H2,1-3H3,(H2,21,22,23). The Morgan fingerprint density at radius 1 is 1.18 bits per heavy atom. The molecule has 0 aliphatic rings. The number of hydrogen-bond donors (Lipinski definition) is 3. The van der Waals surface area contributed by atoms with E-state index in [1.54, 1.807) is 4.72 Å². The van der Waals surface area contributed by atoms with Gasteiger partial charge in [-0.15, -0.1) is 0 Å². The molecule has 0 radical (unpaired) electrons. The van der Waals surface area contributed by atoms with E-state index in [0.717, 1.165) is 24.5 Å². The predicted octanol–water partition coefficient (Wildman–Crippen LogP) is 3.02. The third kappa shape index (κ3) is 5.26. The van der Waals surface area contributed by atoms with Gasteiger partial charge in [0.25, 0.3) is 10.0 Å². The van der Waals surface area contributed by atoms with Gasteiger partial charge in [0, 0.05) is 18.2 Å². The SMILES string of the molecule is Cc1cc(C(F)(F)F)ccc1CNC(=O)NS(=O)(=O)c1cc(C(C)(C)O)co1. The minimum absolute atomic E-state index is 0.182. The van der Waals surface area contributed by atoms with Crippen molar-refractivity contribution in [2.24, 2.45) is 0 Å². The van der Waals surface area contributed by atoms with Crippen molar-refractivity contribution >= 4 is 16.1 Å². The van der Waals surface area contributed by atoms with Crippen LogP contribution in [-0.2, 0) is 28.3 Å². The van der Waals surface area contributed by atoms with Gasteiger partial charge in [0.1, 0.15) is 0 Å². The van der Waals surface area contributed by atoms with E-state index in [9.17, 15) is 31.5 Å². The number of urea groups is 1. The molecule has 1 aromatic carbocycles. The fraction of sp³-hybridized carbons (Fsp3) is 0.353. The number of benzene rings is 1. The van der Waals surface area contributed by atoms with Crippen molar-refractivity contribution in [1.82, 2.24) is 10.0 Å². The molecule has 1 heterocycles. The lowest BCUT2D eigenvalue weighted by molar-refractivity contribution is -0.137. The van der Waals surface area contributed by atoms with E-state index in [-0.39, 0.29) is 12.1 Å². The molecule has 0 saturated carbocycles. The number of halogens is 3. The predicted molar refractivity (Wildman–Crippen MR) is 92.7 cm³/mol. The molecule has 154 valence electrons. The van der Waals surface area contributed by atoms with Crippen molar-refractivity contribution in [3.05, 3.63) is 52.8 Å². The number of carbonyl (C=O) groups is 1. The van der Waals surface area contributed by atoms with E-state index in [1.165, 1.54) is 26.8 Å². The van der Waals surface area contributed by atoms with Crippen LogP contribution in [0.2, 0.25) is 0 Å². The van der Waals surface area contributed by atoms with Crippen molar-refractivity contribution in [3.63, 3.8) is 0 Å². The van der Waals surface area contributed by atoms with Crippen LogP contribution in [0, 0.1) is 6.92 Å². The van der Waals surface area contributed by atoms with Gasteiger partial charge in [-0.1, -0.05) is 6.07 Å². The highest BCUT2D eigenvalue weighted by molar-refractivity contribution is 7.89. The lowest BCUT2D eigenvalue weighted by atomic mass is 10.0. The Morgan fingerprint density at radius 2 is 1.82 bits per heavy atom. The Bertz CT molecular complexity index is 975. The van der Waals surface area contributed by atoms with Crippen LogP contribution < -0.4 is 10.0 Å². The summed E-state index contributed by atoms with van der Waals surface area (Å²) >= 11 is 0. The van der Waals surface area contributed by atoms with Gasteiger partial charge < -0.3 is 14.8 Å². The molecule has 7 nitrogen and oxygen atoms in total. The molecule has 11 heteroatoms. The molecule has 3 N–H and O–H groups in total. The maximum Gasteiger partial charge on any atom is 0.416 e. The number of alkyl halides is 3. The highest BCUT2D eigenvalue weighted by Crippen LogP contribution is 2.30. The monoisotopic (exact) mass is 420 g/mol. The Morgan fingerprint density at radius 3 is 2.32 bits per heavy atom. The van der Waals surface area contributed by atoms with Crippen LogP contribution in [-0.4, -0.2) is 19.6 Å².